The van der Waals surface area contributed by atoms with Gasteiger partial charge in [0.25, 0.3) is 0 Å². The molecule has 18 heavy (non-hydrogen) atoms. The van der Waals surface area contributed by atoms with E-state index in [1.54, 1.807) is 0 Å². The molecule has 0 bridgehead atoms. The third-order valence-electron chi connectivity index (χ3n) is 3.42. The minimum atomic E-state index is 0.132. The van der Waals surface area contributed by atoms with Crippen LogP contribution < -0.4 is 5.32 Å². The Morgan fingerprint density at radius 1 is 1.50 bits per heavy atom. The van der Waals surface area contributed by atoms with E-state index in [2.05, 4.69) is 5.32 Å². The normalized spacial score (nSPS) is 18.9. The fourth-order valence-electron chi connectivity index (χ4n) is 2.30. The van der Waals surface area contributed by atoms with Gasteiger partial charge >= 0.3 is 0 Å². The Hall–Kier alpha value is -1.06. The lowest BCUT2D eigenvalue weighted by molar-refractivity contribution is -0.135. The molecule has 1 heterocycles. The van der Waals surface area contributed by atoms with Crippen LogP contribution in [0.5, 0.6) is 0 Å². The zero-order valence-corrected chi connectivity index (χ0v) is 11.4. The van der Waals surface area contributed by atoms with Gasteiger partial charge in [0.15, 0.2) is 0 Å². The van der Waals surface area contributed by atoms with Crippen molar-refractivity contribution < 1.29 is 4.79 Å². The number of rotatable bonds is 4. The maximum atomic E-state index is 12.3. The number of nitrogens with zero attached hydrogens (tertiary/aromatic N) is 1. The molecule has 1 aromatic carbocycles. The predicted octanol–water partition coefficient (Wildman–Crippen LogP) is 2.30. The largest absolute Gasteiger partial charge is 0.338 e. The summed E-state index contributed by atoms with van der Waals surface area (Å²) in [5.74, 6) is 0.370. The van der Waals surface area contributed by atoms with Crippen LogP contribution in [-0.4, -0.2) is 30.4 Å². The number of carbonyl (C=O) groups is 1. The number of halogens is 1. The Bertz CT molecular complexity index is 416. The van der Waals surface area contributed by atoms with E-state index in [4.69, 9.17) is 11.6 Å². The van der Waals surface area contributed by atoms with Crippen LogP contribution in [0.15, 0.2) is 24.3 Å². The highest BCUT2D eigenvalue weighted by Gasteiger charge is 2.26. The first-order chi connectivity index (χ1) is 8.72. The highest BCUT2D eigenvalue weighted by Crippen LogP contribution is 2.19. The number of amides is 1. The summed E-state index contributed by atoms with van der Waals surface area (Å²) in [6, 6.07) is 7.71. The van der Waals surface area contributed by atoms with Crippen LogP contribution in [0.25, 0.3) is 0 Å². The Kier molecular flexibility index (Phi) is 4.61. The van der Waals surface area contributed by atoms with Gasteiger partial charge in [-0.1, -0.05) is 29.8 Å². The van der Waals surface area contributed by atoms with Crippen LogP contribution >= 0.6 is 11.6 Å². The highest BCUT2D eigenvalue weighted by molar-refractivity contribution is 6.31. The van der Waals surface area contributed by atoms with Crippen molar-refractivity contribution in [2.24, 2.45) is 5.92 Å². The molecule has 1 saturated heterocycles. The summed E-state index contributed by atoms with van der Waals surface area (Å²) in [6.07, 6.45) is 0.942. The van der Waals surface area contributed by atoms with E-state index in [-0.39, 0.29) is 11.8 Å². The van der Waals surface area contributed by atoms with Crippen molar-refractivity contribution in [3.63, 3.8) is 0 Å². The van der Waals surface area contributed by atoms with E-state index in [9.17, 15) is 4.79 Å². The molecule has 0 saturated carbocycles. The van der Waals surface area contributed by atoms with Crippen LogP contribution in [0.2, 0.25) is 5.02 Å². The van der Waals surface area contributed by atoms with E-state index in [0.717, 1.165) is 36.6 Å². The molecule has 0 aliphatic carbocycles. The summed E-state index contributed by atoms with van der Waals surface area (Å²) in [5, 5.41) is 3.96. The van der Waals surface area contributed by atoms with Gasteiger partial charge in [-0.05, 0) is 31.5 Å². The van der Waals surface area contributed by atoms with Gasteiger partial charge in [-0.25, -0.2) is 0 Å². The first-order valence-corrected chi connectivity index (χ1v) is 6.83. The van der Waals surface area contributed by atoms with Gasteiger partial charge in [-0.2, -0.15) is 0 Å². The average molecular weight is 267 g/mol. The maximum absolute atomic E-state index is 12.3. The average Bonchev–Trinajstić information content (AvgIpc) is 2.91. The van der Waals surface area contributed by atoms with Gasteiger partial charge in [0.2, 0.25) is 5.91 Å². The smallest absolute Gasteiger partial charge is 0.227 e. The minimum absolute atomic E-state index is 0.132. The van der Waals surface area contributed by atoms with E-state index in [1.807, 2.05) is 36.1 Å². The summed E-state index contributed by atoms with van der Waals surface area (Å²) in [6.45, 7) is 5.08. The lowest BCUT2D eigenvalue weighted by Crippen LogP contribution is -2.36. The SMILES string of the molecule is CCN(Cc1ccccc1Cl)C(=O)C1CCNC1. The van der Waals surface area contributed by atoms with Crippen molar-refractivity contribution in [2.45, 2.75) is 19.9 Å². The molecule has 1 atom stereocenters. The number of carbonyl (C=O) groups excluding carboxylic acids is 1. The van der Waals surface area contributed by atoms with Crippen LogP contribution in [0.4, 0.5) is 0 Å². The van der Waals surface area contributed by atoms with Crippen LogP contribution in [0, 0.1) is 5.92 Å². The molecule has 0 spiro atoms. The lowest BCUT2D eigenvalue weighted by atomic mass is 10.1. The first kappa shape index (κ1) is 13.4. The molecule has 98 valence electrons. The number of hydrogen-bond acceptors (Lipinski definition) is 2. The zero-order valence-electron chi connectivity index (χ0n) is 10.7. The molecule has 0 aromatic heterocycles. The number of hydrogen-bond donors (Lipinski definition) is 1. The molecular weight excluding hydrogens is 248 g/mol. The van der Waals surface area contributed by atoms with Gasteiger partial charge in [-0.3, -0.25) is 4.79 Å². The fraction of sp³-hybridized carbons (Fsp3) is 0.500. The summed E-state index contributed by atoms with van der Waals surface area (Å²) < 4.78 is 0. The van der Waals surface area contributed by atoms with Crippen molar-refractivity contribution in [1.82, 2.24) is 10.2 Å². The van der Waals surface area contributed by atoms with Crippen molar-refractivity contribution in [1.29, 1.82) is 0 Å². The van der Waals surface area contributed by atoms with E-state index in [1.165, 1.54) is 0 Å². The molecular formula is C14H19ClN2O. The zero-order chi connectivity index (χ0) is 13.0. The second-order valence-corrected chi connectivity index (χ2v) is 5.04. The first-order valence-electron chi connectivity index (χ1n) is 6.45. The van der Waals surface area contributed by atoms with E-state index in [0.29, 0.717) is 6.54 Å². The summed E-state index contributed by atoms with van der Waals surface area (Å²) in [7, 11) is 0. The summed E-state index contributed by atoms with van der Waals surface area (Å²) in [5.41, 5.74) is 1.01. The quantitative estimate of drug-likeness (QED) is 0.907. The molecule has 1 unspecified atom stereocenters. The van der Waals surface area contributed by atoms with Crippen molar-refractivity contribution >= 4 is 17.5 Å². The topological polar surface area (TPSA) is 32.3 Å². The second kappa shape index (κ2) is 6.21. The molecule has 1 N–H and O–H groups in total. The standard InChI is InChI=1S/C14H19ClN2O/c1-2-17(14(18)11-7-8-16-9-11)10-12-5-3-4-6-13(12)15/h3-6,11,16H,2,7-10H2,1H3. The summed E-state index contributed by atoms with van der Waals surface area (Å²) >= 11 is 6.14. The lowest BCUT2D eigenvalue weighted by Gasteiger charge is -2.24. The van der Waals surface area contributed by atoms with Gasteiger partial charge in [0, 0.05) is 24.7 Å². The van der Waals surface area contributed by atoms with Crippen LogP contribution in [-0.2, 0) is 11.3 Å². The molecule has 3 nitrogen and oxygen atoms in total. The van der Waals surface area contributed by atoms with Crippen LogP contribution in [0.3, 0.4) is 0 Å². The Morgan fingerprint density at radius 2 is 2.28 bits per heavy atom. The van der Waals surface area contributed by atoms with Crippen molar-refractivity contribution in [3.05, 3.63) is 34.9 Å². The highest BCUT2D eigenvalue weighted by atomic mass is 35.5. The van der Waals surface area contributed by atoms with Gasteiger partial charge in [0.05, 0.1) is 5.92 Å². The van der Waals surface area contributed by atoms with Crippen LogP contribution in [0.1, 0.15) is 18.9 Å². The van der Waals surface area contributed by atoms with Crippen molar-refractivity contribution in [3.8, 4) is 0 Å². The van der Waals surface area contributed by atoms with E-state index < -0.39 is 0 Å². The summed E-state index contributed by atoms with van der Waals surface area (Å²) in [4.78, 5) is 14.2. The number of benzene rings is 1. The molecule has 0 radical (unpaired) electrons. The van der Waals surface area contributed by atoms with Crippen molar-refractivity contribution in [2.75, 3.05) is 19.6 Å². The molecule has 1 aromatic rings. The predicted molar refractivity (Wildman–Crippen MR) is 73.5 cm³/mol. The van der Waals surface area contributed by atoms with E-state index >= 15 is 0 Å². The molecule has 1 amide bonds. The molecule has 4 heteroatoms. The minimum Gasteiger partial charge on any atom is -0.338 e. The van der Waals surface area contributed by atoms with Gasteiger partial charge in [-0.15, -0.1) is 0 Å². The fourth-order valence-corrected chi connectivity index (χ4v) is 2.50. The third-order valence-corrected chi connectivity index (χ3v) is 3.79. The molecule has 1 aliphatic heterocycles. The third kappa shape index (κ3) is 3.03. The Balaban J connectivity index is 2.05. The van der Waals surface area contributed by atoms with Gasteiger partial charge in [0.1, 0.15) is 0 Å². The molecule has 1 aliphatic rings. The molecule has 1 fully saturated rings. The number of nitrogens with one attached hydrogen (secondary N) is 1. The van der Waals surface area contributed by atoms with Gasteiger partial charge < -0.3 is 10.2 Å². The Morgan fingerprint density at radius 3 is 2.89 bits per heavy atom. The monoisotopic (exact) mass is 266 g/mol. The second-order valence-electron chi connectivity index (χ2n) is 4.63. The molecule has 2 rings (SSSR count). The Labute approximate surface area is 113 Å². The maximum Gasteiger partial charge on any atom is 0.227 e.